The minimum atomic E-state index is -0.434. The third kappa shape index (κ3) is 4.56. The normalized spacial score (nSPS) is 15.2. The summed E-state index contributed by atoms with van der Waals surface area (Å²) in [5, 5.41) is 0. The summed E-state index contributed by atoms with van der Waals surface area (Å²) < 4.78 is 7.68. The molecule has 0 atom stereocenters. The maximum Gasteiger partial charge on any atom is 0.243 e. The lowest BCUT2D eigenvalue weighted by Crippen LogP contribution is -2.39. The van der Waals surface area contributed by atoms with Gasteiger partial charge in [0.1, 0.15) is 12.1 Å². The molecule has 0 aliphatic carbocycles. The van der Waals surface area contributed by atoms with Gasteiger partial charge >= 0.3 is 0 Å². The zero-order valence-electron chi connectivity index (χ0n) is 17.4. The number of carbonyl (C=O) groups excluding carboxylic acids is 1. The third-order valence-electron chi connectivity index (χ3n) is 5.32. The van der Waals surface area contributed by atoms with Crippen molar-refractivity contribution in [3.8, 4) is 0 Å². The van der Waals surface area contributed by atoms with Gasteiger partial charge in [-0.15, -0.1) is 0 Å². The van der Waals surface area contributed by atoms with Crippen molar-refractivity contribution in [2.75, 3.05) is 24.6 Å². The summed E-state index contributed by atoms with van der Waals surface area (Å²) in [5.41, 5.74) is 9.01. The van der Waals surface area contributed by atoms with E-state index in [0.717, 1.165) is 48.4 Å². The SMILES string of the molecule is CC(C)n1cnc2cnc(Cc3ccnc(N4CCC(OCC(N)=O)CC4)n3)cc21. The number of ether oxygens (including phenoxy) is 1. The van der Waals surface area contributed by atoms with Gasteiger partial charge in [0.05, 0.1) is 29.8 Å². The fraction of sp³-hybridized carbons (Fsp3) is 0.476. The molecule has 158 valence electrons. The Labute approximate surface area is 175 Å². The quantitative estimate of drug-likeness (QED) is 0.634. The Hall–Kier alpha value is -3.07. The summed E-state index contributed by atoms with van der Waals surface area (Å²) in [4.78, 5) is 31.2. The molecule has 0 radical (unpaired) electrons. The smallest absolute Gasteiger partial charge is 0.243 e. The zero-order chi connectivity index (χ0) is 21.1. The van der Waals surface area contributed by atoms with E-state index in [2.05, 4.69) is 44.3 Å². The van der Waals surface area contributed by atoms with Crippen LogP contribution in [0.1, 0.15) is 44.1 Å². The minimum Gasteiger partial charge on any atom is -0.368 e. The first-order chi connectivity index (χ1) is 14.5. The molecule has 0 saturated carbocycles. The van der Waals surface area contributed by atoms with Crippen LogP contribution in [0.5, 0.6) is 0 Å². The predicted octanol–water partition coefficient (Wildman–Crippen LogP) is 1.86. The lowest BCUT2D eigenvalue weighted by atomic mass is 10.1. The minimum absolute atomic E-state index is 0.0241. The second-order valence-corrected chi connectivity index (χ2v) is 7.90. The number of hydrogen-bond donors (Lipinski definition) is 1. The monoisotopic (exact) mass is 409 g/mol. The molecule has 0 bridgehead atoms. The van der Waals surface area contributed by atoms with E-state index in [4.69, 9.17) is 15.5 Å². The number of fused-ring (bicyclic) bond motifs is 1. The number of imidazole rings is 1. The first-order valence-corrected chi connectivity index (χ1v) is 10.3. The van der Waals surface area contributed by atoms with Crippen LogP contribution in [0, 0.1) is 0 Å². The molecular weight excluding hydrogens is 382 g/mol. The molecule has 1 saturated heterocycles. The van der Waals surface area contributed by atoms with Gasteiger partial charge in [0.25, 0.3) is 0 Å². The molecule has 9 heteroatoms. The molecule has 1 fully saturated rings. The van der Waals surface area contributed by atoms with E-state index in [1.165, 1.54) is 0 Å². The lowest BCUT2D eigenvalue weighted by Gasteiger charge is -2.31. The van der Waals surface area contributed by atoms with Crippen molar-refractivity contribution in [1.82, 2.24) is 24.5 Å². The third-order valence-corrected chi connectivity index (χ3v) is 5.32. The van der Waals surface area contributed by atoms with Gasteiger partial charge in [0, 0.05) is 37.4 Å². The van der Waals surface area contributed by atoms with Crippen LogP contribution in [0.25, 0.3) is 11.0 Å². The molecule has 9 nitrogen and oxygen atoms in total. The summed E-state index contributed by atoms with van der Waals surface area (Å²) in [7, 11) is 0. The number of rotatable bonds is 7. The van der Waals surface area contributed by atoms with E-state index in [9.17, 15) is 4.79 Å². The Balaban J connectivity index is 1.43. The maximum atomic E-state index is 10.9. The molecule has 30 heavy (non-hydrogen) atoms. The van der Waals surface area contributed by atoms with Crippen molar-refractivity contribution in [3.05, 3.63) is 42.2 Å². The lowest BCUT2D eigenvalue weighted by molar-refractivity contribution is -0.124. The van der Waals surface area contributed by atoms with Crippen molar-refractivity contribution in [1.29, 1.82) is 0 Å². The van der Waals surface area contributed by atoms with E-state index in [-0.39, 0.29) is 12.7 Å². The summed E-state index contributed by atoms with van der Waals surface area (Å²) in [5.74, 6) is 0.283. The molecule has 2 N–H and O–H groups in total. The number of hydrogen-bond acceptors (Lipinski definition) is 7. The Kier molecular flexibility index (Phi) is 5.89. The van der Waals surface area contributed by atoms with Crippen molar-refractivity contribution in [3.63, 3.8) is 0 Å². The van der Waals surface area contributed by atoms with Gasteiger partial charge in [-0.05, 0) is 38.8 Å². The summed E-state index contributed by atoms with van der Waals surface area (Å²) in [6, 6.07) is 4.36. The summed E-state index contributed by atoms with van der Waals surface area (Å²) in [6.45, 7) is 5.82. The Bertz CT molecular complexity index is 1030. The summed E-state index contributed by atoms with van der Waals surface area (Å²) >= 11 is 0. The second-order valence-electron chi connectivity index (χ2n) is 7.90. The standard InChI is InChI=1S/C21H27N7O2/c1-14(2)28-13-25-18-11-24-16(10-19(18)28)9-15-3-6-23-21(26-15)27-7-4-17(5-8-27)30-12-20(22)29/h3,6,10-11,13-14,17H,4-5,7-9,12H2,1-2H3,(H2,22,29). The van der Waals surface area contributed by atoms with E-state index in [1.807, 2.05) is 18.6 Å². The number of piperidine rings is 1. The van der Waals surface area contributed by atoms with Gasteiger partial charge in [0.15, 0.2) is 0 Å². The molecule has 0 aromatic carbocycles. The molecular formula is C21H27N7O2. The maximum absolute atomic E-state index is 10.9. The Morgan fingerprint density at radius 2 is 2.03 bits per heavy atom. The number of amides is 1. The van der Waals surface area contributed by atoms with Crippen LogP contribution >= 0.6 is 0 Å². The molecule has 1 amide bonds. The van der Waals surface area contributed by atoms with Gasteiger partial charge in [-0.2, -0.15) is 0 Å². The van der Waals surface area contributed by atoms with Gasteiger partial charge in [-0.25, -0.2) is 15.0 Å². The van der Waals surface area contributed by atoms with Crippen LogP contribution in [0.2, 0.25) is 0 Å². The highest BCUT2D eigenvalue weighted by atomic mass is 16.5. The van der Waals surface area contributed by atoms with Crippen LogP contribution in [-0.4, -0.2) is 56.2 Å². The van der Waals surface area contributed by atoms with E-state index in [1.54, 1.807) is 6.20 Å². The van der Waals surface area contributed by atoms with Crippen molar-refractivity contribution in [2.45, 2.75) is 45.3 Å². The molecule has 3 aromatic rings. The number of pyridine rings is 1. The van der Waals surface area contributed by atoms with E-state index >= 15 is 0 Å². The number of nitrogens with two attached hydrogens (primary N) is 1. The molecule has 0 unspecified atom stereocenters. The van der Waals surface area contributed by atoms with E-state index in [0.29, 0.717) is 18.4 Å². The number of primary amides is 1. The molecule has 3 aromatic heterocycles. The number of nitrogens with zero attached hydrogens (tertiary/aromatic N) is 6. The average Bonchev–Trinajstić information content (AvgIpc) is 3.16. The van der Waals surface area contributed by atoms with Gasteiger partial charge in [-0.3, -0.25) is 9.78 Å². The molecule has 1 aliphatic rings. The number of carbonyl (C=O) groups is 1. The Morgan fingerprint density at radius 1 is 1.23 bits per heavy atom. The summed E-state index contributed by atoms with van der Waals surface area (Å²) in [6.07, 6.45) is 7.80. The molecule has 0 spiro atoms. The molecule has 4 rings (SSSR count). The second kappa shape index (κ2) is 8.74. The van der Waals surface area contributed by atoms with Crippen LogP contribution < -0.4 is 10.6 Å². The highest BCUT2D eigenvalue weighted by Gasteiger charge is 2.22. The number of anilines is 1. The highest BCUT2D eigenvalue weighted by Crippen LogP contribution is 2.21. The van der Waals surface area contributed by atoms with Crippen LogP contribution in [0.15, 0.2) is 30.9 Å². The largest absolute Gasteiger partial charge is 0.368 e. The van der Waals surface area contributed by atoms with Crippen molar-refractivity contribution in [2.24, 2.45) is 5.73 Å². The fourth-order valence-corrected chi connectivity index (χ4v) is 3.72. The van der Waals surface area contributed by atoms with Crippen LogP contribution in [0.4, 0.5) is 5.95 Å². The zero-order valence-corrected chi connectivity index (χ0v) is 17.4. The average molecular weight is 409 g/mol. The van der Waals surface area contributed by atoms with Gasteiger partial charge < -0.3 is 19.9 Å². The van der Waals surface area contributed by atoms with Gasteiger partial charge in [-0.1, -0.05) is 0 Å². The van der Waals surface area contributed by atoms with Gasteiger partial charge in [0.2, 0.25) is 11.9 Å². The van der Waals surface area contributed by atoms with Crippen molar-refractivity contribution >= 4 is 22.9 Å². The highest BCUT2D eigenvalue weighted by molar-refractivity contribution is 5.75. The molecule has 1 aliphatic heterocycles. The topological polar surface area (TPSA) is 112 Å². The van der Waals surface area contributed by atoms with Crippen LogP contribution in [0.3, 0.4) is 0 Å². The van der Waals surface area contributed by atoms with Crippen LogP contribution in [-0.2, 0) is 16.0 Å². The van der Waals surface area contributed by atoms with Crippen molar-refractivity contribution < 1.29 is 9.53 Å². The first kappa shape index (κ1) is 20.2. The fourth-order valence-electron chi connectivity index (χ4n) is 3.72. The Morgan fingerprint density at radius 3 is 2.77 bits per heavy atom. The predicted molar refractivity (Wildman–Crippen MR) is 113 cm³/mol. The molecule has 4 heterocycles. The first-order valence-electron chi connectivity index (χ1n) is 10.3. The number of aromatic nitrogens is 5. The van der Waals surface area contributed by atoms with E-state index < -0.39 is 5.91 Å².